The highest BCUT2D eigenvalue weighted by atomic mass is 16.5. The summed E-state index contributed by atoms with van der Waals surface area (Å²) >= 11 is 0. The summed E-state index contributed by atoms with van der Waals surface area (Å²) in [4.78, 5) is 25.3. The van der Waals surface area contributed by atoms with Gasteiger partial charge < -0.3 is 9.64 Å². The fourth-order valence-corrected chi connectivity index (χ4v) is 2.81. The molecule has 0 aliphatic carbocycles. The molecule has 0 unspecified atom stereocenters. The average molecular weight is 326 g/mol. The van der Waals surface area contributed by atoms with Crippen LogP contribution in [-0.4, -0.2) is 59.0 Å². The normalized spacial score (nSPS) is 15.3. The van der Waals surface area contributed by atoms with Crippen molar-refractivity contribution in [3.05, 3.63) is 54.0 Å². The summed E-state index contributed by atoms with van der Waals surface area (Å²) in [5.74, 6) is 0.782. The van der Waals surface area contributed by atoms with Gasteiger partial charge >= 0.3 is 0 Å². The van der Waals surface area contributed by atoms with Gasteiger partial charge in [0.2, 0.25) is 11.8 Å². The van der Waals surface area contributed by atoms with Crippen LogP contribution in [0.15, 0.2) is 42.6 Å². The number of hydrogen-bond donors (Lipinski definition) is 0. The predicted molar refractivity (Wildman–Crippen MR) is 90.6 cm³/mol. The summed E-state index contributed by atoms with van der Waals surface area (Å²) in [5, 5.41) is 0. The lowest BCUT2D eigenvalue weighted by molar-refractivity contribution is -0.132. The van der Waals surface area contributed by atoms with E-state index in [1.165, 1.54) is 0 Å². The van der Waals surface area contributed by atoms with Crippen molar-refractivity contribution in [3.63, 3.8) is 0 Å². The highest BCUT2D eigenvalue weighted by Crippen LogP contribution is 2.11. The highest BCUT2D eigenvalue weighted by molar-refractivity contribution is 5.78. The van der Waals surface area contributed by atoms with Crippen LogP contribution in [0.4, 0.5) is 0 Å². The van der Waals surface area contributed by atoms with Crippen LogP contribution in [0.5, 0.6) is 5.88 Å². The SMILES string of the molecule is COc1cccc(CN2CCN(C(=O)Cc3ccccn3)CC2)n1. The molecule has 1 saturated heterocycles. The van der Waals surface area contributed by atoms with Gasteiger partial charge in [-0.3, -0.25) is 14.7 Å². The fraction of sp³-hybridized carbons (Fsp3) is 0.389. The Bertz CT molecular complexity index is 670. The van der Waals surface area contributed by atoms with Crippen LogP contribution < -0.4 is 4.74 Å². The van der Waals surface area contributed by atoms with Crippen LogP contribution in [0.3, 0.4) is 0 Å². The molecular weight excluding hydrogens is 304 g/mol. The number of piperazine rings is 1. The summed E-state index contributed by atoms with van der Waals surface area (Å²) in [6, 6.07) is 11.5. The van der Waals surface area contributed by atoms with Gasteiger partial charge in [-0.2, -0.15) is 0 Å². The quantitative estimate of drug-likeness (QED) is 0.831. The van der Waals surface area contributed by atoms with Gasteiger partial charge in [0.1, 0.15) is 0 Å². The van der Waals surface area contributed by atoms with E-state index in [1.54, 1.807) is 13.3 Å². The van der Waals surface area contributed by atoms with E-state index in [0.29, 0.717) is 12.3 Å². The number of carbonyl (C=O) groups excluding carboxylic acids is 1. The number of ether oxygens (including phenoxy) is 1. The Kier molecular flexibility index (Phi) is 5.38. The first-order valence-corrected chi connectivity index (χ1v) is 8.14. The molecule has 2 aromatic rings. The van der Waals surface area contributed by atoms with E-state index < -0.39 is 0 Å². The number of amides is 1. The number of nitrogens with zero attached hydrogens (tertiary/aromatic N) is 4. The Labute approximate surface area is 142 Å². The molecule has 1 amide bonds. The molecule has 0 aromatic carbocycles. The molecule has 3 rings (SSSR count). The van der Waals surface area contributed by atoms with Gasteiger partial charge in [0.25, 0.3) is 0 Å². The Morgan fingerprint density at radius 2 is 1.88 bits per heavy atom. The lowest BCUT2D eigenvalue weighted by Gasteiger charge is -2.34. The van der Waals surface area contributed by atoms with Crippen molar-refractivity contribution in [2.24, 2.45) is 0 Å². The second-order valence-corrected chi connectivity index (χ2v) is 5.83. The number of rotatable bonds is 5. The standard InChI is InChI=1S/C18H22N4O2/c1-24-17-7-4-6-16(20-17)14-21-9-11-22(12-10-21)18(23)13-15-5-2-3-8-19-15/h2-8H,9-14H2,1H3. The van der Waals surface area contributed by atoms with E-state index in [2.05, 4.69) is 14.9 Å². The maximum atomic E-state index is 12.4. The molecule has 126 valence electrons. The molecule has 1 aliphatic rings. The lowest BCUT2D eigenvalue weighted by Crippen LogP contribution is -2.48. The maximum Gasteiger partial charge on any atom is 0.228 e. The van der Waals surface area contributed by atoms with Gasteiger partial charge in [0.15, 0.2) is 0 Å². The van der Waals surface area contributed by atoms with E-state index in [-0.39, 0.29) is 5.91 Å². The van der Waals surface area contributed by atoms with Gasteiger partial charge in [0.05, 0.1) is 19.2 Å². The second kappa shape index (κ2) is 7.88. The summed E-state index contributed by atoms with van der Waals surface area (Å²) in [6.07, 6.45) is 2.10. The first-order valence-electron chi connectivity index (χ1n) is 8.14. The Balaban J connectivity index is 1.49. The molecule has 0 bridgehead atoms. The van der Waals surface area contributed by atoms with Crippen LogP contribution in [0.25, 0.3) is 0 Å². The van der Waals surface area contributed by atoms with Crippen molar-refractivity contribution in [1.29, 1.82) is 0 Å². The van der Waals surface area contributed by atoms with Gasteiger partial charge in [0, 0.05) is 50.7 Å². The monoisotopic (exact) mass is 326 g/mol. The average Bonchev–Trinajstić information content (AvgIpc) is 2.63. The summed E-state index contributed by atoms with van der Waals surface area (Å²) < 4.78 is 5.16. The van der Waals surface area contributed by atoms with E-state index >= 15 is 0 Å². The summed E-state index contributed by atoms with van der Waals surface area (Å²) in [5.41, 5.74) is 1.81. The molecule has 0 spiro atoms. The number of hydrogen-bond acceptors (Lipinski definition) is 5. The molecule has 6 heteroatoms. The number of pyridine rings is 2. The minimum atomic E-state index is 0.146. The molecular formula is C18H22N4O2. The van der Waals surface area contributed by atoms with Gasteiger partial charge in [-0.15, -0.1) is 0 Å². The van der Waals surface area contributed by atoms with E-state index in [0.717, 1.165) is 44.1 Å². The van der Waals surface area contributed by atoms with Crippen molar-refractivity contribution >= 4 is 5.91 Å². The van der Waals surface area contributed by atoms with Crippen molar-refractivity contribution in [1.82, 2.24) is 19.8 Å². The topological polar surface area (TPSA) is 58.6 Å². The lowest BCUT2D eigenvalue weighted by atomic mass is 10.2. The first-order chi connectivity index (χ1) is 11.7. The Morgan fingerprint density at radius 3 is 2.58 bits per heavy atom. The van der Waals surface area contributed by atoms with Crippen LogP contribution in [-0.2, 0) is 17.8 Å². The first kappa shape index (κ1) is 16.4. The molecule has 24 heavy (non-hydrogen) atoms. The van der Waals surface area contributed by atoms with Crippen LogP contribution >= 0.6 is 0 Å². The fourth-order valence-electron chi connectivity index (χ4n) is 2.81. The molecule has 6 nitrogen and oxygen atoms in total. The third-order valence-corrected chi connectivity index (χ3v) is 4.16. The van der Waals surface area contributed by atoms with E-state index in [4.69, 9.17) is 4.74 Å². The third-order valence-electron chi connectivity index (χ3n) is 4.16. The number of methoxy groups -OCH3 is 1. The van der Waals surface area contributed by atoms with Gasteiger partial charge in [-0.1, -0.05) is 12.1 Å². The molecule has 1 fully saturated rings. The minimum absolute atomic E-state index is 0.146. The highest BCUT2D eigenvalue weighted by Gasteiger charge is 2.21. The zero-order valence-corrected chi connectivity index (χ0v) is 13.9. The minimum Gasteiger partial charge on any atom is -0.481 e. The zero-order chi connectivity index (χ0) is 16.8. The molecule has 3 heterocycles. The van der Waals surface area contributed by atoms with Crippen LogP contribution in [0.2, 0.25) is 0 Å². The smallest absolute Gasteiger partial charge is 0.228 e. The predicted octanol–water partition coefficient (Wildman–Crippen LogP) is 1.37. The van der Waals surface area contributed by atoms with Crippen molar-refractivity contribution in [3.8, 4) is 5.88 Å². The zero-order valence-electron chi connectivity index (χ0n) is 13.9. The van der Waals surface area contributed by atoms with Crippen LogP contribution in [0, 0.1) is 0 Å². The second-order valence-electron chi connectivity index (χ2n) is 5.83. The summed E-state index contributed by atoms with van der Waals surface area (Å²) in [6.45, 7) is 3.98. The van der Waals surface area contributed by atoms with Crippen molar-refractivity contribution < 1.29 is 9.53 Å². The molecule has 0 N–H and O–H groups in total. The Hall–Kier alpha value is -2.47. The maximum absolute atomic E-state index is 12.4. The van der Waals surface area contributed by atoms with E-state index in [9.17, 15) is 4.79 Å². The molecule has 0 radical (unpaired) electrons. The van der Waals surface area contributed by atoms with Gasteiger partial charge in [-0.25, -0.2) is 4.98 Å². The largest absolute Gasteiger partial charge is 0.481 e. The Morgan fingerprint density at radius 1 is 1.08 bits per heavy atom. The van der Waals surface area contributed by atoms with Crippen molar-refractivity contribution in [2.45, 2.75) is 13.0 Å². The number of aromatic nitrogens is 2. The molecule has 2 aromatic heterocycles. The summed E-state index contributed by atoms with van der Waals surface area (Å²) in [7, 11) is 1.62. The van der Waals surface area contributed by atoms with Gasteiger partial charge in [-0.05, 0) is 18.2 Å². The molecule has 0 saturated carbocycles. The molecule has 1 aliphatic heterocycles. The van der Waals surface area contributed by atoms with Crippen LogP contribution in [0.1, 0.15) is 11.4 Å². The van der Waals surface area contributed by atoms with E-state index in [1.807, 2.05) is 41.3 Å². The third kappa shape index (κ3) is 4.29. The molecule has 0 atom stereocenters. The number of carbonyl (C=O) groups is 1. The van der Waals surface area contributed by atoms with Crippen molar-refractivity contribution in [2.75, 3.05) is 33.3 Å².